The molecule has 2 nitrogen and oxygen atoms in total. The average molecular weight is 286 g/mol. The molecule has 0 aromatic carbocycles. The van der Waals surface area contributed by atoms with Crippen molar-refractivity contribution in [3.05, 3.63) is 0 Å². The SMILES string of the molecule is CCCCCC(O)CCCCCCCCC(O)CCC. The van der Waals surface area contributed by atoms with Gasteiger partial charge in [0.15, 0.2) is 0 Å². The Hall–Kier alpha value is -0.0800. The highest BCUT2D eigenvalue weighted by Gasteiger charge is 2.04. The molecule has 2 atom stereocenters. The fourth-order valence-corrected chi connectivity index (χ4v) is 2.72. The molecule has 2 heteroatoms. The van der Waals surface area contributed by atoms with E-state index < -0.39 is 0 Å². The molecule has 0 radical (unpaired) electrons. The van der Waals surface area contributed by atoms with E-state index in [1.165, 1.54) is 57.8 Å². The van der Waals surface area contributed by atoms with Gasteiger partial charge in [0.25, 0.3) is 0 Å². The summed E-state index contributed by atoms with van der Waals surface area (Å²) in [5.74, 6) is 0. The fraction of sp³-hybridized carbons (Fsp3) is 1.00. The molecule has 2 unspecified atom stereocenters. The minimum absolute atomic E-state index is 0.0641. The van der Waals surface area contributed by atoms with E-state index in [2.05, 4.69) is 13.8 Å². The van der Waals surface area contributed by atoms with Crippen molar-refractivity contribution in [3.8, 4) is 0 Å². The lowest BCUT2D eigenvalue weighted by molar-refractivity contribution is 0.146. The zero-order valence-corrected chi connectivity index (χ0v) is 13.9. The molecule has 0 aliphatic heterocycles. The fourth-order valence-electron chi connectivity index (χ4n) is 2.72. The highest BCUT2D eigenvalue weighted by atomic mass is 16.3. The highest BCUT2D eigenvalue weighted by molar-refractivity contribution is 4.58. The maximum atomic E-state index is 9.80. The van der Waals surface area contributed by atoms with Gasteiger partial charge in [-0.1, -0.05) is 78.1 Å². The van der Waals surface area contributed by atoms with Crippen LogP contribution < -0.4 is 0 Å². The molecule has 0 aromatic rings. The van der Waals surface area contributed by atoms with Crippen LogP contribution >= 0.6 is 0 Å². The zero-order chi connectivity index (χ0) is 15.1. The Kier molecular flexibility index (Phi) is 15.3. The summed E-state index contributed by atoms with van der Waals surface area (Å²) in [4.78, 5) is 0. The van der Waals surface area contributed by atoms with Crippen molar-refractivity contribution in [2.24, 2.45) is 0 Å². The number of aliphatic hydroxyl groups excluding tert-OH is 2. The van der Waals surface area contributed by atoms with E-state index in [1.807, 2.05) is 0 Å². The Morgan fingerprint density at radius 2 is 0.900 bits per heavy atom. The largest absolute Gasteiger partial charge is 0.393 e. The smallest absolute Gasteiger partial charge is 0.0540 e. The number of hydrogen-bond donors (Lipinski definition) is 2. The molecule has 0 fully saturated rings. The van der Waals surface area contributed by atoms with E-state index in [0.29, 0.717) is 0 Å². The zero-order valence-electron chi connectivity index (χ0n) is 13.9. The molecular formula is C18H38O2. The Bertz CT molecular complexity index is 182. The predicted molar refractivity (Wildman–Crippen MR) is 88.0 cm³/mol. The lowest BCUT2D eigenvalue weighted by Gasteiger charge is -2.10. The van der Waals surface area contributed by atoms with E-state index in [-0.39, 0.29) is 12.2 Å². The van der Waals surface area contributed by atoms with Gasteiger partial charge in [-0.25, -0.2) is 0 Å². The highest BCUT2D eigenvalue weighted by Crippen LogP contribution is 2.14. The van der Waals surface area contributed by atoms with Gasteiger partial charge in [-0.15, -0.1) is 0 Å². The minimum Gasteiger partial charge on any atom is -0.393 e. The summed E-state index contributed by atoms with van der Waals surface area (Å²) in [7, 11) is 0. The van der Waals surface area contributed by atoms with Crippen molar-refractivity contribution in [2.75, 3.05) is 0 Å². The van der Waals surface area contributed by atoms with Gasteiger partial charge in [0.2, 0.25) is 0 Å². The van der Waals surface area contributed by atoms with E-state index in [9.17, 15) is 10.2 Å². The van der Waals surface area contributed by atoms with Crippen LogP contribution in [0.1, 0.15) is 104 Å². The molecular weight excluding hydrogens is 248 g/mol. The van der Waals surface area contributed by atoms with Crippen LogP contribution in [0, 0.1) is 0 Å². The van der Waals surface area contributed by atoms with Crippen LogP contribution in [0.5, 0.6) is 0 Å². The minimum atomic E-state index is -0.0710. The van der Waals surface area contributed by atoms with Gasteiger partial charge in [0, 0.05) is 0 Å². The molecule has 0 spiro atoms. The Labute approximate surface area is 127 Å². The second kappa shape index (κ2) is 15.3. The first-order valence-electron chi connectivity index (χ1n) is 9.06. The summed E-state index contributed by atoms with van der Waals surface area (Å²) in [6.45, 7) is 4.33. The third kappa shape index (κ3) is 14.3. The molecule has 0 aliphatic rings. The monoisotopic (exact) mass is 286 g/mol. The normalized spacial score (nSPS) is 14.4. The van der Waals surface area contributed by atoms with Gasteiger partial charge in [-0.2, -0.15) is 0 Å². The maximum absolute atomic E-state index is 9.80. The second-order valence-electron chi connectivity index (χ2n) is 6.29. The molecule has 0 bridgehead atoms. The van der Waals surface area contributed by atoms with Crippen LogP contribution in [-0.2, 0) is 0 Å². The van der Waals surface area contributed by atoms with Crippen LogP contribution in [0.25, 0.3) is 0 Å². The summed E-state index contributed by atoms with van der Waals surface area (Å²) < 4.78 is 0. The molecule has 0 heterocycles. The van der Waals surface area contributed by atoms with Crippen molar-refractivity contribution in [1.82, 2.24) is 0 Å². The third-order valence-corrected chi connectivity index (χ3v) is 4.09. The Balaban J connectivity index is 3.16. The van der Waals surface area contributed by atoms with Crippen molar-refractivity contribution >= 4 is 0 Å². The van der Waals surface area contributed by atoms with Gasteiger partial charge < -0.3 is 10.2 Å². The van der Waals surface area contributed by atoms with Crippen molar-refractivity contribution in [2.45, 2.75) is 116 Å². The molecule has 0 amide bonds. The van der Waals surface area contributed by atoms with E-state index >= 15 is 0 Å². The molecule has 20 heavy (non-hydrogen) atoms. The van der Waals surface area contributed by atoms with Crippen molar-refractivity contribution in [3.63, 3.8) is 0 Å². The topological polar surface area (TPSA) is 40.5 Å². The number of aliphatic hydroxyl groups is 2. The van der Waals surface area contributed by atoms with E-state index in [4.69, 9.17) is 0 Å². The average Bonchev–Trinajstić information content (AvgIpc) is 2.42. The van der Waals surface area contributed by atoms with Crippen LogP contribution in [0.15, 0.2) is 0 Å². The standard InChI is InChI=1S/C18H38O2/c1-3-5-10-14-18(20)16-12-9-7-6-8-11-15-17(19)13-4-2/h17-20H,3-16H2,1-2H3. The number of hydrogen-bond acceptors (Lipinski definition) is 2. The molecule has 0 rings (SSSR count). The summed E-state index contributed by atoms with van der Waals surface area (Å²) in [6.07, 6.45) is 15.9. The lowest BCUT2D eigenvalue weighted by Crippen LogP contribution is -2.06. The quantitative estimate of drug-likeness (QED) is 0.406. The van der Waals surface area contributed by atoms with E-state index in [1.54, 1.807) is 0 Å². The molecule has 0 saturated heterocycles. The van der Waals surface area contributed by atoms with Crippen molar-refractivity contribution in [1.29, 1.82) is 0 Å². The Morgan fingerprint density at radius 1 is 0.500 bits per heavy atom. The number of unbranched alkanes of at least 4 members (excludes halogenated alkanes) is 7. The maximum Gasteiger partial charge on any atom is 0.0540 e. The van der Waals surface area contributed by atoms with Gasteiger partial charge >= 0.3 is 0 Å². The number of rotatable bonds is 15. The summed E-state index contributed by atoms with van der Waals surface area (Å²) in [5.41, 5.74) is 0. The molecule has 0 saturated carbocycles. The van der Waals surface area contributed by atoms with Gasteiger partial charge in [0.05, 0.1) is 12.2 Å². The molecule has 122 valence electrons. The van der Waals surface area contributed by atoms with Gasteiger partial charge in [-0.3, -0.25) is 0 Å². The Morgan fingerprint density at radius 3 is 1.35 bits per heavy atom. The summed E-state index contributed by atoms with van der Waals surface area (Å²) >= 11 is 0. The predicted octanol–water partition coefficient (Wildman–Crippen LogP) is 5.21. The van der Waals surface area contributed by atoms with Crippen LogP contribution in [0.4, 0.5) is 0 Å². The third-order valence-electron chi connectivity index (χ3n) is 4.09. The van der Waals surface area contributed by atoms with Crippen LogP contribution in [0.3, 0.4) is 0 Å². The summed E-state index contributed by atoms with van der Waals surface area (Å²) in [5, 5.41) is 19.4. The van der Waals surface area contributed by atoms with E-state index in [0.717, 1.165) is 32.1 Å². The molecule has 2 N–H and O–H groups in total. The first kappa shape index (κ1) is 19.9. The van der Waals surface area contributed by atoms with Gasteiger partial charge in [-0.05, 0) is 25.7 Å². The van der Waals surface area contributed by atoms with Crippen molar-refractivity contribution < 1.29 is 10.2 Å². The first-order chi connectivity index (χ1) is 9.70. The first-order valence-corrected chi connectivity index (χ1v) is 9.06. The van der Waals surface area contributed by atoms with Crippen LogP contribution in [-0.4, -0.2) is 22.4 Å². The second-order valence-corrected chi connectivity index (χ2v) is 6.29. The summed E-state index contributed by atoms with van der Waals surface area (Å²) in [6, 6.07) is 0. The molecule has 0 aromatic heterocycles. The van der Waals surface area contributed by atoms with Gasteiger partial charge in [0.1, 0.15) is 0 Å². The lowest BCUT2D eigenvalue weighted by atomic mass is 10.0. The molecule has 0 aliphatic carbocycles. The van der Waals surface area contributed by atoms with Crippen LogP contribution in [0.2, 0.25) is 0 Å².